The molecule has 0 bridgehead atoms. The molecule has 0 aliphatic rings. The maximum atomic E-state index is 5.95. The summed E-state index contributed by atoms with van der Waals surface area (Å²) in [6.07, 6.45) is 0.900. The summed E-state index contributed by atoms with van der Waals surface area (Å²) in [4.78, 5) is 9.90. The molecule has 3 nitrogen and oxygen atoms in total. The molecule has 0 atom stereocenters. The van der Waals surface area contributed by atoms with Gasteiger partial charge < -0.3 is 5.73 Å². The topological polar surface area (TPSA) is 51.8 Å². The summed E-state index contributed by atoms with van der Waals surface area (Å²) < 4.78 is 1.68. The van der Waals surface area contributed by atoms with Crippen LogP contribution >= 0.6 is 45.5 Å². The molecular formula is C12H13ClIN3S. The zero-order valence-corrected chi connectivity index (χ0v) is 13.8. The number of nitrogens with two attached hydrogens (primary N) is 1. The molecule has 0 unspecified atom stereocenters. The van der Waals surface area contributed by atoms with Crippen molar-refractivity contribution in [2.45, 2.75) is 20.3 Å². The van der Waals surface area contributed by atoms with Crippen LogP contribution in [0.2, 0.25) is 4.34 Å². The number of hydrogen-bond donors (Lipinski definition) is 1. The van der Waals surface area contributed by atoms with Crippen LogP contribution in [-0.2, 0) is 6.42 Å². The Morgan fingerprint density at radius 3 is 2.67 bits per heavy atom. The van der Waals surface area contributed by atoms with Crippen LogP contribution in [0.15, 0.2) is 12.1 Å². The fourth-order valence-electron chi connectivity index (χ4n) is 1.58. The molecule has 0 saturated carbocycles. The number of halogens is 2. The monoisotopic (exact) mass is 393 g/mol. The van der Waals surface area contributed by atoms with E-state index < -0.39 is 0 Å². The molecule has 2 heterocycles. The lowest BCUT2D eigenvalue weighted by Gasteiger charge is -2.10. The molecule has 0 aliphatic heterocycles. The van der Waals surface area contributed by atoms with Gasteiger partial charge in [-0.2, -0.15) is 0 Å². The molecule has 0 amide bonds. The van der Waals surface area contributed by atoms with E-state index in [1.807, 2.05) is 12.1 Å². The number of rotatable bonds is 3. The van der Waals surface area contributed by atoms with Gasteiger partial charge in [0, 0.05) is 0 Å². The normalized spacial score (nSPS) is 11.2. The van der Waals surface area contributed by atoms with E-state index in [0.717, 1.165) is 24.9 Å². The maximum absolute atomic E-state index is 5.95. The first-order valence-corrected chi connectivity index (χ1v) is 7.82. The molecule has 2 rings (SSSR count). The van der Waals surface area contributed by atoms with Gasteiger partial charge in [0.15, 0.2) is 5.82 Å². The van der Waals surface area contributed by atoms with E-state index in [1.165, 1.54) is 11.3 Å². The molecule has 0 saturated heterocycles. The van der Waals surface area contributed by atoms with Gasteiger partial charge in [-0.15, -0.1) is 11.3 Å². The van der Waals surface area contributed by atoms with Gasteiger partial charge in [-0.1, -0.05) is 25.4 Å². The predicted octanol–water partition coefficient (Wildman–Crippen LogP) is 4.24. The first-order valence-electron chi connectivity index (χ1n) is 5.55. The van der Waals surface area contributed by atoms with Gasteiger partial charge in [-0.05, 0) is 47.1 Å². The van der Waals surface area contributed by atoms with Crippen molar-refractivity contribution < 1.29 is 0 Å². The van der Waals surface area contributed by atoms with Crippen LogP contribution in [0.1, 0.15) is 19.5 Å². The molecule has 0 spiro atoms. The minimum atomic E-state index is 0.535. The minimum absolute atomic E-state index is 0.535. The molecule has 0 aliphatic carbocycles. The van der Waals surface area contributed by atoms with Crippen molar-refractivity contribution in [3.63, 3.8) is 0 Å². The number of aromatic nitrogens is 2. The Kier molecular flexibility index (Phi) is 4.45. The standard InChI is InChI=1S/C12H13ClIN3S/c1-6(2)5-7-10(14)11(15)17-12(16-7)8-3-4-9(13)18-8/h3-4,6H,5H2,1-2H3,(H2,15,16,17). The van der Waals surface area contributed by atoms with Crippen LogP contribution in [0, 0.1) is 9.49 Å². The Labute approximate surface area is 129 Å². The van der Waals surface area contributed by atoms with Crippen molar-refractivity contribution in [1.29, 1.82) is 0 Å². The molecule has 2 N–H and O–H groups in total. The van der Waals surface area contributed by atoms with Crippen LogP contribution in [0.4, 0.5) is 5.82 Å². The Balaban J connectivity index is 2.46. The fourth-order valence-corrected chi connectivity index (χ4v) is 3.02. The number of nitrogens with zero attached hydrogens (tertiary/aromatic N) is 2. The Morgan fingerprint density at radius 2 is 2.11 bits per heavy atom. The highest BCUT2D eigenvalue weighted by atomic mass is 127. The molecular weight excluding hydrogens is 381 g/mol. The molecule has 2 aromatic rings. The summed E-state index contributed by atoms with van der Waals surface area (Å²) in [6, 6.07) is 3.77. The predicted molar refractivity (Wildman–Crippen MR) is 86.0 cm³/mol. The van der Waals surface area contributed by atoms with Crippen LogP contribution in [0.25, 0.3) is 10.7 Å². The SMILES string of the molecule is CC(C)Cc1nc(-c2ccc(Cl)s2)nc(N)c1I. The number of hydrogen-bond acceptors (Lipinski definition) is 4. The average molecular weight is 394 g/mol. The summed E-state index contributed by atoms with van der Waals surface area (Å²) >= 11 is 9.61. The molecule has 0 radical (unpaired) electrons. The van der Waals surface area contributed by atoms with Crippen LogP contribution < -0.4 is 5.73 Å². The first-order chi connectivity index (χ1) is 8.47. The van der Waals surface area contributed by atoms with E-state index >= 15 is 0 Å². The second-order valence-corrected chi connectivity index (χ2v) is 7.19. The van der Waals surface area contributed by atoms with Crippen LogP contribution in [0.5, 0.6) is 0 Å². The number of anilines is 1. The largest absolute Gasteiger partial charge is 0.383 e. The summed E-state index contributed by atoms with van der Waals surface area (Å²) in [6.45, 7) is 4.33. The third kappa shape index (κ3) is 3.13. The van der Waals surface area contributed by atoms with Gasteiger partial charge in [-0.3, -0.25) is 0 Å². The molecule has 0 aromatic carbocycles. The average Bonchev–Trinajstić information content (AvgIpc) is 2.70. The van der Waals surface area contributed by atoms with Crippen LogP contribution in [0.3, 0.4) is 0 Å². The van der Waals surface area contributed by atoms with Gasteiger partial charge in [-0.25, -0.2) is 9.97 Å². The van der Waals surface area contributed by atoms with Crippen molar-refractivity contribution >= 4 is 51.3 Å². The molecule has 0 fully saturated rings. The van der Waals surface area contributed by atoms with Crippen molar-refractivity contribution in [3.05, 3.63) is 25.7 Å². The van der Waals surface area contributed by atoms with Crippen molar-refractivity contribution in [1.82, 2.24) is 9.97 Å². The van der Waals surface area contributed by atoms with E-state index in [4.69, 9.17) is 17.3 Å². The second-order valence-electron chi connectivity index (χ2n) is 4.39. The lowest BCUT2D eigenvalue weighted by atomic mass is 10.1. The summed E-state index contributed by atoms with van der Waals surface area (Å²) in [5, 5.41) is 0. The Bertz CT molecular complexity index is 568. The van der Waals surface area contributed by atoms with Gasteiger partial charge >= 0.3 is 0 Å². The van der Waals surface area contributed by atoms with E-state index in [1.54, 1.807) is 0 Å². The van der Waals surface area contributed by atoms with E-state index in [2.05, 4.69) is 46.4 Å². The van der Waals surface area contributed by atoms with Gasteiger partial charge in [0.2, 0.25) is 0 Å². The maximum Gasteiger partial charge on any atom is 0.171 e. The first kappa shape index (κ1) is 14.0. The minimum Gasteiger partial charge on any atom is -0.383 e. The lowest BCUT2D eigenvalue weighted by molar-refractivity contribution is 0.632. The third-order valence-corrected chi connectivity index (χ3v) is 4.74. The lowest BCUT2D eigenvalue weighted by Crippen LogP contribution is -2.07. The highest BCUT2D eigenvalue weighted by molar-refractivity contribution is 14.1. The van der Waals surface area contributed by atoms with Gasteiger partial charge in [0.1, 0.15) is 5.82 Å². The van der Waals surface area contributed by atoms with Gasteiger partial charge in [0.25, 0.3) is 0 Å². The smallest absolute Gasteiger partial charge is 0.171 e. The Hall–Kier alpha value is -0.400. The number of thiophene rings is 1. The van der Waals surface area contributed by atoms with Crippen molar-refractivity contribution in [3.8, 4) is 10.7 Å². The molecule has 18 heavy (non-hydrogen) atoms. The van der Waals surface area contributed by atoms with Crippen LogP contribution in [-0.4, -0.2) is 9.97 Å². The quantitative estimate of drug-likeness (QED) is 0.793. The molecule has 6 heteroatoms. The highest BCUT2D eigenvalue weighted by Crippen LogP contribution is 2.31. The second kappa shape index (κ2) is 5.71. The van der Waals surface area contributed by atoms with E-state index in [9.17, 15) is 0 Å². The molecule has 2 aromatic heterocycles. The summed E-state index contributed by atoms with van der Waals surface area (Å²) in [5.41, 5.74) is 6.97. The molecule has 96 valence electrons. The highest BCUT2D eigenvalue weighted by Gasteiger charge is 2.13. The van der Waals surface area contributed by atoms with E-state index in [0.29, 0.717) is 17.6 Å². The zero-order chi connectivity index (χ0) is 13.3. The van der Waals surface area contributed by atoms with E-state index in [-0.39, 0.29) is 0 Å². The summed E-state index contributed by atoms with van der Waals surface area (Å²) in [7, 11) is 0. The van der Waals surface area contributed by atoms with Crippen molar-refractivity contribution in [2.24, 2.45) is 5.92 Å². The van der Waals surface area contributed by atoms with Gasteiger partial charge in [0.05, 0.1) is 18.5 Å². The van der Waals surface area contributed by atoms with Crippen molar-refractivity contribution in [2.75, 3.05) is 5.73 Å². The fraction of sp³-hybridized carbons (Fsp3) is 0.333. The number of nitrogen functional groups attached to an aromatic ring is 1. The Morgan fingerprint density at radius 1 is 1.39 bits per heavy atom. The third-order valence-electron chi connectivity index (χ3n) is 2.34. The zero-order valence-electron chi connectivity index (χ0n) is 10.1. The summed E-state index contributed by atoms with van der Waals surface area (Å²) in [5.74, 6) is 1.74.